The first-order valence-corrected chi connectivity index (χ1v) is 19.2. The van der Waals surface area contributed by atoms with Gasteiger partial charge in [0.2, 0.25) is 6.29 Å². The molecule has 51 heavy (non-hydrogen) atoms. The Balaban J connectivity index is 1.57. The van der Waals surface area contributed by atoms with Crippen molar-refractivity contribution in [2.75, 3.05) is 0 Å². The Bertz CT molecular complexity index is 1680. The zero-order chi connectivity index (χ0) is 36.2. The lowest BCUT2D eigenvalue weighted by atomic mass is 9.97. The van der Waals surface area contributed by atoms with E-state index in [1.807, 2.05) is 145 Å². The molecule has 1 heterocycles. The second-order valence-electron chi connectivity index (χ2n) is 13.3. The van der Waals surface area contributed by atoms with E-state index in [0.29, 0.717) is 19.0 Å². The van der Waals surface area contributed by atoms with Crippen LogP contribution in [0.1, 0.15) is 55.5 Å². The summed E-state index contributed by atoms with van der Waals surface area (Å²) in [5.41, 5.74) is 5.04. The third-order valence-electron chi connectivity index (χ3n) is 8.13. The number of hydrogen-bond donors (Lipinski definition) is 0. The van der Waals surface area contributed by atoms with Gasteiger partial charge in [-0.25, -0.2) is 0 Å². The number of rotatable bonds is 17. The van der Waals surface area contributed by atoms with E-state index in [0.717, 1.165) is 27.8 Å². The molecule has 0 saturated carbocycles. The van der Waals surface area contributed by atoms with Crippen LogP contribution in [0.2, 0.25) is 0 Å². The summed E-state index contributed by atoms with van der Waals surface area (Å²) in [5, 5.41) is 0. The van der Waals surface area contributed by atoms with E-state index in [4.69, 9.17) is 32.7 Å². The first-order chi connectivity index (χ1) is 24.6. The molecule has 0 amide bonds. The number of hydrogen-bond acceptors (Lipinski definition) is 8. The van der Waals surface area contributed by atoms with Gasteiger partial charge >= 0.3 is 7.60 Å². The third kappa shape index (κ3) is 11.7. The van der Waals surface area contributed by atoms with Gasteiger partial charge in [-0.1, -0.05) is 109 Å². The molecule has 9 heteroatoms. The Kier molecular flexibility index (Phi) is 14.2. The summed E-state index contributed by atoms with van der Waals surface area (Å²) in [7, 11) is -3.68. The highest BCUT2D eigenvalue weighted by Crippen LogP contribution is 2.52. The predicted octanol–water partition coefficient (Wildman–Crippen LogP) is 9.72. The predicted molar refractivity (Wildman–Crippen MR) is 199 cm³/mol. The smallest absolute Gasteiger partial charge is 0.354 e. The average molecular weight is 715 g/mol. The Hall–Kier alpha value is -3.59. The molecule has 5 rings (SSSR count). The minimum absolute atomic E-state index is 0.279. The summed E-state index contributed by atoms with van der Waals surface area (Å²) in [5.74, 6) is 2.13. The monoisotopic (exact) mass is 714 g/mol. The van der Waals surface area contributed by atoms with Crippen LogP contribution in [-0.4, -0.2) is 42.9 Å². The van der Waals surface area contributed by atoms with Crippen molar-refractivity contribution in [1.29, 1.82) is 0 Å². The zero-order valence-electron chi connectivity index (χ0n) is 30.4. The Labute approximate surface area is 303 Å². The fraction of sp³-hybridized carbons (Fsp3) is 0.381. The molecule has 8 nitrogen and oxygen atoms in total. The van der Waals surface area contributed by atoms with Crippen LogP contribution in [0.25, 0.3) is 0 Å². The molecular weight excluding hydrogens is 663 g/mol. The number of benzene rings is 4. The van der Waals surface area contributed by atoms with Gasteiger partial charge in [-0.05, 0) is 75.9 Å². The fourth-order valence-electron chi connectivity index (χ4n) is 5.87. The van der Waals surface area contributed by atoms with Gasteiger partial charge in [-0.15, -0.1) is 0 Å². The van der Waals surface area contributed by atoms with Crippen LogP contribution < -0.4 is 4.74 Å². The Morgan fingerprint density at radius 2 is 1.12 bits per heavy atom. The van der Waals surface area contributed by atoms with Gasteiger partial charge in [-0.3, -0.25) is 4.57 Å². The maximum absolute atomic E-state index is 14.0. The maximum atomic E-state index is 14.0. The van der Waals surface area contributed by atoms with E-state index in [2.05, 4.69) is 6.07 Å². The van der Waals surface area contributed by atoms with Gasteiger partial charge in [0.15, 0.2) is 0 Å². The highest BCUT2D eigenvalue weighted by Gasteiger charge is 2.49. The van der Waals surface area contributed by atoms with Gasteiger partial charge in [0.1, 0.15) is 30.2 Å². The Morgan fingerprint density at radius 3 is 1.59 bits per heavy atom. The quantitative estimate of drug-likeness (QED) is 0.100. The molecule has 0 N–H and O–H groups in total. The Morgan fingerprint density at radius 1 is 0.647 bits per heavy atom. The topological polar surface area (TPSA) is 81.7 Å². The van der Waals surface area contributed by atoms with Gasteiger partial charge in [-0.2, -0.15) is 0 Å². The first-order valence-electron chi connectivity index (χ1n) is 17.6. The summed E-state index contributed by atoms with van der Waals surface area (Å²) in [6.07, 6.45) is -2.83. The highest BCUT2D eigenvalue weighted by molar-refractivity contribution is 7.57. The molecule has 1 aliphatic rings. The van der Waals surface area contributed by atoms with Crippen molar-refractivity contribution < 1.29 is 37.3 Å². The second-order valence-corrected chi connectivity index (χ2v) is 15.1. The zero-order valence-corrected chi connectivity index (χ0v) is 31.3. The maximum Gasteiger partial charge on any atom is 0.354 e. The second kappa shape index (κ2) is 18.8. The van der Waals surface area contributed by atoms with Crippen LogP contribution in [0.3, 0.4) is 0 Å². The molecule has 4 aromatic carbocycles. The lowest BCUT2D eigenvalue weighted by molar-refractivity contribution is -0.295. The van der Waals surface area contributed by atoms with E-state index >= 15 is 0 Å². The molecule has 0 spiro atoms. The average Bonchev–Trinajstić information content (AvgIpc) is 3.10. The normalized spacial score (nSPS) is 21.1. The van der Waals surface area contributed by atoms with Crippen molar-refractivity contribution >= 4 is 7.60 Å². The third-order valence-corrected chi connectivity index (χ3v) is 10.1. The lowest BCUT2D eigenvalue weighted by Gasteiger charge is -2.45. The van der Waals surface area contributed by atoms with Crippen molar-refractivity contribution in [2.24, 2.45) is 0 Å². The van der Waals surface area contributed by atoms with Gasteiger partial charge in [0.05, 0.1) is 32.0 Å². The molecule has 0 aliphatic carbocycles. The van der Waals surface area contributed by atoms with Crippen LogP contribution in [0.4, 0.5) is 0 Å². The summed E-state index contributed by atoms with van der Waals surface area (Å²) < 4.78 is 59.4. The van der Waals surface area contributed by atoms with E-state index in [1.54, 1.807) is 6.08 Å². The van der Waals surface area contributed by atoms with Crippen molar-refractivity contribution in [3.8, 4) is 5.75 Å². The van der Waals surface area contributed by atoms with Crippen molar-refractivity contribution in [3.63, 3.8) is 0 Å². The SMILES string of the molecule is Cc1ccc(O[C@H]2O[C@H](C=CP(=O)(OC(C)C)OC(C)C)[C@@H](OCc3ccccc3)[C@H](OCc3ccccc3)[C@@H]2OCc2ccccc2)c(C)c1. The number of ether oxygens (including phenoxy) is 5. The lowest BCUT2D eigenvalue weighted by Crippen LogP contribution is -2.61. The molecule has 0 bridgehead atoms. The summed E-state index contributed by atoms with van der Waals surface area (Å²) in [6, 6.07) is 35.8. The van der Waals surface area contributed by atoms with Crippen LogP contribution in [0, 0.1) is 13.8 Å². The molecule has 1 aliphatic heterocycles. The standard InChI is InChI=1S/C42H51O8P/c1-30(2)49-51(43,50-31(3)4)25-24-38-39(44-27-34-16-10-7-11-17-34)40(45-28-35-18-12-8-13-19-35)41(46-29-36-20-14-9-15-21-36)42(48-38)47-37-23-22-32(5)26-33(37)6/h7-26,30-31,38-42H,27-29H2,1-6H3/t38-,39-,40+,41+,42+/m1/s1. The van der Waals surface area contributed by atoms with Gasteiger partial charge < -0.3 is 32.7 Å². The van der Waals surface area contributed by atoms with E-state index in [9.17, 15) is 4.57 Å². The highest BCUT2D eigenvalue weighted by atomic mass is 31.2. The fourth-order valence-corrected chi connectivity index (χ4v) is 7.62. The molecule has 1 saturated heterocycles. The first kappa shape index (κ1) is 38.6. The van der Waals surface area contributed by atoms with E-state index in [1.165, 1.54) is 5.82 Å². The summed E-state index contributed by atoms with van der Waals surface area (Å²) in [6.45, 7) is 12.2. The molecule has 0 aromatic heterocycles. The molecular formula is C42H51O8P. The summed E-state index contributed by atoms with van der Waals surface area (Å²) >= 11 is 0. The largest absolute Gasteiger partial charge is 0.462 e. The van der Waals surface area contributed by atoms with Crippen LogP contribution in [0.5, 0.6) is 5.75 Å². The van der Waals surface area contributed by atoms with Crippen molar-refractivity contribution in [1.82, 2.24) is 0 Å². The number of aryl methyl sites for hydroxylation is 2. The summed E-state index contributed by atoms with van der Waals surface area (Å²) in [4.78, 5) is 0. The van der Waals surface area contributed by atoms with E-state index in [-0.39, 0.29) is 18.8 Å². The molecule has 0 unspecified atom stereocenters. The molecule has 5 atom stereocenters. The van der Waals surface area contributed by atoms with Gasteiger partial charge in [0.25, 0.3) is 0 Å². The van der Waals surface area contributed by atoms with Crippen molar-refractivity contribution in [2.45, 2.75) is 104 Å². The van der Waals surface area contributed by atoms with Crippen molar-refractivity contribution in [3.05, 3.63) is 149 Å². The van der Waals surface area contributed by atoms with Crippen LogP contribution in [0.15, 0.2) is 121 Å². The van der Waals surface area contributed by atoms with E-state index < -0.39 is 38.3 Å². The molecule has 0 radical (unpaired) electrons. The molecule has 272 valence electrons. The minimum atomic E-state index is -3.68. The van der Waals surface area contributed by atoms with Crippen LogP contribution in [-0.2, 0) is 52.4 Å². The van der Waals surface area contributed by atoms with Crippen LogP contribution >= 0.6 is 7.60 Å². The minimum Gasteiger partial charge on any atom is -0.462 e. The molecule has 4 aromatic rings. The molecule has 1 fully saturated rings. The van der Waals surface area contributed by atoms with Gasteiger partial charge in [0, 0.05) is 5.82 Å².